The molecule has 0 bridgehead atoms. The molecule has 102 valence electrons. The number of hydrogen-bond donors (Lipinski definition) is 0. The molecule has 0 saturated carbocycles. The van der Waals surface area contributed by atoms with E-state index in [1.54, 1.807) is 12.7 Å². The Labute approximate surface area is 113 Å². The number of nitrogens with zero attached hydrogens (tertiary/aromatic N) is 4. The Morgan fingerprint density at radius 3 is 3.05 bits per heavy atom. The molecule has 1 aromatic rings. The fourth-order valence-electron chi connectivity index (χ4n) is 3.02. The zero-order chi connectivity index (χ0) is 13.1. The van der Waals surface area contributed by atoms with Gasteiger partial charge in [0, 0.05) is 19.5 Å². The van der Waals surface area contributed by atoms with Crippen molar-refractivity contribution in [2.75, 3.05) is 13.1 Å². The van der Waals surface area contributed by atoms with E-state index < -0.39 is 0 Å². The minimum Gasteiger partial charge on any atom is -0.341 e. The molecule has 5 heteroatoms. The first-order chi connectivity index (χ1) is 9.33. The molecule has 2 heterocycles. The molecular formula is C14H20N4O. The molecule has 2 aliphatic rings. The highest BCUT2D eigenvalue weighted by Crippen LogP contribution is 2.24. The van der Waals surface area contributed by atoms with Gasteiger partial charge in [-0.2, -0.15) is 5.10 Å². The fourth-order valence-corrected chi connectivity index (χ4v) is 3.02. The van der Waals surface area contributed by atoms with Crippen LogP contribution >= 0.6 is 0 Å². The second-order valence-corrected chi connectivity index (χ2v) is 5.48. The Morgan fingerprint density at radius 2 is 2.32 bits per heavy atom. The lowest BCUT2D eigenvalue weighted by atomic mass is 10.0. The van der Waals surface area contributed by atoms with E-state index in [9.17, 15) is 4.79 Å². The Kier molecular flexibility index (Phi) is 3.62. The van der Waals surface area contributed by atoms with Crippen molar-refractivity contribution in [2.24, 2.45) is 5.92 Å². The van der Waals surface area contributed by atoms with E-state index >= 15 is 0 Å². The van der Waals surface area contributed by atoms with Gasteiger partial charge in [-0.15, -0.1) is 0 Å². The quantitative estimate of drug-likeness (QED) is 0.779. The van der Waals surface area contributed by atoms with Crippen molar-refractivity contribution in [3.05, 3.63) is 24.8 Å². The summed E-state index contributed by atoms with van der Waals surface area (Å²) < 4.78 is 1.88. The molecule has 1 aromatic heterocycles. The Hall–Kier alpha value is -1.65. The first-order valence-electron chi connectivity index (χ1n) is 7.11. The lowest BCUT2D eigenvalue weighted by Crippen LogP contribution is -2.41. The maximum Gasteiger partial charge on any atom is 0.223 e. The molecule has 0 aromatic carbocycles. The molecule has 3 rings (SSSR count). The van der Waals surface area contributed by atoms with Crippen LogP contribution in [0.5, 0.6) is 0 Å². The summed E-state index contributed by atoms with van der Waals surface area (Å²) in [6.45, 7) is 1.67. The van der Waals surface area contributed by atoms with Crippen molar-refractivity contribution in [3.8, 4) is 0 Å². The number of hydrogen-bond acceptors (Lipinski definition) is 3. The normalized spacial score (nSPS) is 26.8. The smallest absolute Gasteiger partial charge is 0.223 e. The number of carbonyl (C=O) groups is 1. The number of allylic oxidation sites excluding steroid dienone is 2. The third-order valence-corrected chi connectivity index (χ3v) is 4.11. The molecule has 0 spiro atoms. The highest BCUT2D eigenvalue weighted by molar-refractivity contribution is 5.76. The predicted molar refractivity (Wildman–Crippen MR) is 71.4 cm³/mol. The summed E-state index contributed by atoms with van der Waals surface area (Å²) in [5.74, 6) is 0.751. The summed E-state index contributed by atoms with van der Waals surface area (Å²) in [6, 6.07) is 0.291. The summed E-state index contributed by atoms with van der Waals surface area (Å²) in [4.78, 5) is 18.3. The summed E-state index contributed by atoms with van der Waals surface area (Å²) in [7, 11) is 0. The van der Waals surface area contributed by atoms with Crippen LogP contribution in [0.3, 0.4) is 0 Å². The van der Waals surface area contributed by atoms with Crippen molar-refractivity contribution in [1.29, 1.82) is 0 Å². The van der Waals surface area contributed by atoms with Crippen LogP contribution < -0.4 is 0 Å². The monoisotopic (exact) mass is 260 g/mol. The zero-order valence-electron chi connectivity index (χ0n) is 11.1. The molecule has 1 fully saturated rings. The third kappa shape index (κ3) is 2.85. The van der Waals surface area contributed by atoms with Crippen molar-refractivity contribution in [1.82, 2.24) is 19.7 Å². The molecule has 5 nitrogen and oxygen atoms in total. The largest absolute Gasteiger partial charge is 0.341 e. The highest BCUT2D eigenvalue weighted by Gasteiger charge is 2.26. The van der Waals surface area contributed by atoms with Crippen LogP contribution in [-0.4, -0.2) is 38.7 Å². The number of aromatic nitrogens is 3. The number of rotatable bonds is 3. The van der Waals surface area contributed by atoms with Crippen molar-refractivity contribution < 1.29 is 4.79 Å². The molecular weight excluding hydrogens is 240 g/mol. The van der Waals surface area contributed by atoms with Gasteiger partial charge in [-0.3, -0.25) is 4.79 Å². The maximum absolute atomic E-state index is 12.3. The van der Waals surface area contributed by atoms with E-state index in [-0.39, 0.29) is 0 Å². The van der Waals surface area contributed by atoms with E-state index in [0.717, 1.165) is 38.8 Å². The summed E-state index contributed by atoms with van der Waals surface area (Å²) >= 11 is 0. The number of likely N-dealkylation sites (tertiary alicyclic amines) is 1. The van der Waals surface area contributed by atoms with Gasteiger partial charge in [-0.05, 0) is 31.6 Å². The van der Waals surface area contributed by atoms with Crippen molar-refractivity contribution in [3.63, 3.8) is 0 Å². The number of carbonyl (C=O) groups excluding carboxylic acids is 1. The van der Waals surface area contributed by atoms with Crippen LogP contribution in [0, 0.1) is 5.92 Å². The van der Waals surface area contributed by atoms with Crippen LogP contribution in [0.1, 0.15) is 38.1 Å². The molecule has 1 aliphatic heterocycles. The first kappa shape index (κ1) is 12.4. The summed E-state index contributed by atoms with van der Waals surface area (Å²) in [6.07, 6.45) is 12.7. The van der Waals surface area contributed by atoms with Gasteiger partial charge >= 0.3 is 0 Å². The van der Waals surface area contributed by atoms with E-state index in [1.165, 1.54) is 0 Å². The average molecular weight is 260 g/mol. The lowest BCUT2D eigenvalue weighted by Gasteiger charge is -2.33. The fraction of sp³-hybridized carbons (Fsp3) is 0.643. The average Bonchev–Trinajstić information content (AvgIpc) is 3.12. The zero-order valence-corrected chi connectivity index (χ0v) is 11.1. The van der Waals surface area contributed by atoms with E-state index in [0.29, 0.717) is 24.3 Å². The second-order valence-electron chi connectivity index (χ2n) is 5.48. The van der Waals surface area contributed by atoms with E-state index in [2.05, 4.69) is 22.2 Å². The molecule has 1 aliphatic carbocycles. The molecule has 0 unspecified atom stereocenters. The minimum atomic E-state index is 0.291. The van der Waals surface area contributed by atoms with Crippen LogP contribution in [0.15, 0.2) is 24.8 Å². The van der Waals surface area contributed by atoms with Gasteiger partial charge in [0.25, 0.3) is 0 Å². The van der Waals surface area contributed by atoms with E-state index in [1.807, 2.05) is 9.58 Å². The van der Waals surface area contributed by atoms with Crippen LogP contribution in [0.2, 0.25) is 0 Å². The Balaban J connectivity index is 1.58. The maximum atomic E-state index is 12.3. The molecule has 2 atom stereocenters. The standard InChI is InChI=1S/C14H20N4O/c19-14(8-12-4-1-2-5-12)17-7-3-6-13(9-17)18-11-15-10-16-18/h1,4,10-13H,2-3,5-9H2/t12-,13-/m0/s1. The van der Waals surface area contributed by atoms with Crippen LogP contribution in [0.25, 0.3) is 0 Å². The lowest BCUT2D eigenvalue weighted by molar-refractivity contribution is -0.133. The highest BCUT2D eigenvalue weighted by atomic mass is 16.2. The summed E-state index contributed by atoms with van der Waals surface area (Å²) in [5, 5.41) is 4.19. The predicted octanol–water partition coefficient (Wildman–Crippen LogP) is 1.80. The van der Waals surface area contributed by atoms with Crippen molar-refractivity contribution >= 4 is 5.91 Å². The van der Waals surface area contributed by atoms with Crippen molar-refractivity contribution in [2.45, 2.75) is 38.1 Å². The van der Waals surface area contributed by atoms with Gasteiger partial charge in [-0.25, -0.2) is 9.67 Å². The minimum absolute atomic E-state index is 0.291. The number of amides is 1. The Bertz CT molecular complexity index is 454. The molecule has 19 heavy (non-hydrogen) atoms. The summed E-state index contributed by atoms with van der Waals surface area (Å²) in [5.41, 5.74) is 0. The SMILES string of the molecule is O=C(C[C@H]1C=CCC1)N1CCC[C@H](n2cncn2)C1. The molecule has 1 saturated heterocycles. The van der Waals surface area contributed by atoms with Crippen LogP contribution in [-0.2, 0) is 4.79 Å². The van der Waals surface area contributed by atoms with Gasteiger partial charge in [0.2, 0.25) is 5.91 Å². The van der Waals surface area contributed by atoms with Gasteiger partial charge in [-0.1, -0.05) is 12.2 Å². The van der Waals surface area contributed by atoms with E-state index in [4.69, 9.17) is 0 Å². The topological polar surface area (TPSA) is 51.0 Å². The van der Waals surface area contributed by atoms with Gasteiger partial charge in [0.05, 0.1) is 6.04 Å². The molecule has 0 N–H and O–H groups in total. The van der Waals surface area contributed by atoms with Crippen LogP contribution in [0.4, 0.5) is 0 Å². The molecule has 0 radical (unpaired) electrons. The van der Waals surface area contributed by atoms with Gasteiger partial charge in [0.1, 0.15) is 12.7 Å². The second kappa shape index (κ2) is 5.55. The number of piperidine rings is 1. The molecule has 1 amide bonds. The third-order valence-electron chi connectivity index (χ3n) is 4.11. The first-order valence-corrected chi connectivity index (χ1v) is 7.11. The van der Waals surface area contributed by atoms with Gasteiger partial charge < -0.3 is 4.90 Å². The Morgan fingerprint density at radius 1 is 1.37 bits per heavy atom. The van der Waals surface area contributed by atoms with Gasteiger partial charge in [0.15, 0.2) is 0 Å².